The van der Waals surface area contributed by atoms with Crippen LogP contribution in [0.5, 0.6) is 0 Å². The number of hydrogen-bond acceptors (Lipinski definition) is 2. The highest BCUT2D eigenvalue weighted by Gasteiger charge is 2.12. The Kier molecular flexibility index (Phi) is 6.35. The SMILES string of the molecule is CCC(C)CN(C)c1ccc(CNC(C)(C)C)cc1Cl. The molecule has 3 heteroatoms. The van der Waals surface area contributed by atoms with E-state index in [4.69, 9.17) is 11.6 Å². The molecular weight excluding hydrogens is 268 g/mol. The van der Waals surface area contributed by atoms with E-state index < -0.39 is 0 Å². The topological polar surface area (TPSA) is 15.3 Å². The molecule has 1 rings (SSSR count). The number of rotatable bonds is 6. The van der Waals surface area contributed by atoms with E-state index in [1.165, 1.54) is 12.0 Å². The first kappa shape index (κ1) is 17.3. The Bertz CT molecular complexity index is 423. The van der Waals surface area contributed by atoms with Crippen molar-refractivity contribution in [3.63, 3.8) is 0 Å². The summed E-state index contributed by atoms with van der Waals surface area (Å²) in [7, 11) is 2.11. The second-order valence-electron chi connectivity index (χ2n) is 6.78. The number of halogens is 1. The molecule has 0 saturated heterocycles. The molecule has 20 heavy (non-hydrogen) atoms. The molecular formula is C17H29ClN2. The molecule has 1 unspecified atom stereocenters. The van der Waals surface area contributed by atoms with Crippen molar-refractivity contribution >= 4 is 17.3 Å². The Labute approximate surface area is 129 Å². The lowest BCUT2D eigenvalue weighted by Gasteiger charge is -2.25. The number of nitrogens with one attached hydrogen (secondary N) is 1. The predicted octanol–water partition coefficient (Wildman–Crippen LogP) is 4.71. The smallest absolute Gasteiger partial charge is 0.0642 e. The third-order valence-electron chi connectivity index (χ3n) is 3.53. The summed E-state index contributed by atoms with van der Waals surface area (Å²) in [6.45, 7) is 12.9. The van der Waals surface area contributed by atoms with Gasteiger partial charge in [0.15, 0.2) is 0 Å². The molecule has 0 aliphatic heterocycles. The molecule has 1 aromatic carbocycles. The van der Waals surface area contributed by atoms with Crippen LogP contribution in [0.1, 0.15) is 46.6 Å². The van der Waals surface area contributed by atoms with E-state index in [1.54, 1.807) is 0 Å². The average molecular weight is 297 g/mol. The molecule has 0 fully saturated rings. The van der Waals surface area contributed by atoms with Crippen molar-refractivity contribution < 1.29 is 0 Å². The highest BCUT2D eigenvalue weighted by molar-refractivity contribution is 6.33. The molecule has 1 N–H and O–H groups in total. The molecule has 2 nitrogen and oxygen atoms in total. The van der Waals surface area contributed by atoms with E-state index >= 15 is 0 Å². The monoisotopic (exact) mass is 296 g/mol. The Balaban J connectivity index is 2.72. The maximum Gasteiger partial charge on any atom is 0.0642 e. The maximum absolute atomic E-state index is 6.43. The molecule has 0 aromatic heterocycles. The lowest BCUT2D eigenvalue weighted by atomic mass is 10.1. The minimum atomic E-state index is 0.124. The van der Waals surface area contributed by atoms with E-state index in [9.17, 15) is 0 Å². The fraction of sp³-hybridized carbons (Fsp3) is 0.647. The Hall–Kier alpha value is -0.730. The van der Waals surface area contributed by atoms with Gasteiger partial charge in [-0.25, -0.2) is 0 Å². The third kappa shape index (κ3) is 5.72. The molecule has 0 heterocycles. The number of benzene rings is 1. The van der Waals surface area contributed by atoms with Crippen LogP contribution in [-0.4, -0.2) is 19.1 Å². The fourth-order valence-electron chi connectivity index (χ4n) is 2.03. The molecule has 1 atom stereocenters. The molecule has 0 aliphatic rings. The largest absolute Gasteiger partial charge is 0.373 e. The molecule has 1 aromatic rings. The summed E-state index contributed by atoms with van der Waals surface area (Å²) < 4.78 is 0. The van der Waals surface area contributed by atoms with Gasteiger partial charge in [0.05, 0.1) is 10.7 Å². The summed E-state index contributed by atoms with van der Waals surface area (Å²) >= 11 is 6.43. The molecule has 0 aliphatic carbocycles. The van der Waals surface area contributed by atoms with Crippen LogP contribution >= 0.6 is 11.6 Å². The van der Waals surface area contributed by atoms with Crippen molar-refractivity contribution in [2.75, 3.05) is 18.5 Å². The number of nitrogens with zero attached hydrogens (tertiary/aromatic N) is 1. The summed E-state index contributed by atoms with van der Waals surface area (Å²) in [6.07, 6.45) is 1.19. The van der Waals surface area contributed by atoms with Crippen LogP contribution in [0.25, 0.3) is 0 Å². The van der Waals surface area contributed by atoms with Gasteiger partial charge in [-0.1, -0.05) is 37.9 Å². The van der Waals surface area contributed by atoms with Crippen molar-refractivity contribution in [2.24, 2.45) is 5.92 Å². The molecule has 0 saturated carbocycles. The van der Waals surface area contributed by atoms with Gasteiger partial charge >= 0.3 is 0 Å². The van der Waals surface area contributed by atoms with E-state index in [1.807, 2.05) is 0 Å². The van der Waals surface area contributed by atoms with Crippen LogP contribution < -0.4 is 10.2 Å². The van der Waals surface area contributed by atoms with Crippen molar-refractivity contribution in [3.8, 4) is 0 Å². The zero-order valence-corrected chi connectivity index (χ0v) is 14.5. The van der Waals surface area contributed by atoms with Crippen LogP contribution in [-0.2, 0) is 6.54 Å². The summed E-state index contributed by atoms with van der Waals surface area (Å²) in [4.78, 5) is 2.25. The number of anilines is 1. The van der Waals surface area contributed by atoms with Gasteiger partial charge < -0.3 is 10.2 Å². The van der Waals surface area contributed by atoms with Gasteiger partial charge in [-0.15, -0.1) is 0 Å². The first-order valence-corrected chi connectivity index (χ1v) is 7.85. The number of hydrogen-bond donors (Lipinski definition) is 1. The highest BCUT2D eigenvalue weighted by atomic mass is 35.5. The predicted molar refractivity (Wildman–Crippen MR) is 90.8 cm³/mol. The zero-order valence-electron chi connectivity index (χ0n) is 13.8. The van der Waals surface area contributed by atoms with Gasteiger partial charge in [0.1, 0.15) is 0 Å². The standard InChI is InChI=1S/C17H29ClN2/c1-7-13(2)12-20(6)16-9-8-14(10-15(16)18)11-19-17(3,4)5/h8-10,13,19H,7,11-12H2,1-6H3. The molecule has 0 amide bonds. The maximum atomic E-state index is 6.43. The molecule has 0 radical (unpaired) electrons. The normalized spacial score (nSPS) is 13.3. The Morgan fingerprint density at radius 1 is 1.30 bits per heavy atom. The van der Waals surface area contributed by atoms with E-state index in [0.717, 1.165) is 23.8 Å². The first-order valence-electron chi connectivity index (χ1n) is 7.47. The van der Waals surface area contributed by atoms with Gasteiger partial charge in [0.25, 0.3) is 0 Å². The van der Waals surface area contributed by atoms with Crippen molar-refractivity contribution in [1.29, 1.82) is 0 Å². The van der Waals surface area contributed by atoms with Crippen molar-refractivity contribution in [3.05, 3.63) is 28.8 Å². The summed E-state index contributed by atoms with van der Waals surface area (Å²) in [6, 6.07) is 6.36. The lowest BCUT2D eigenvalue weighted by Crippen LogP contribution is -2.35. The van der Waals surface area contributed by atoms with E-state index in [0.29, 0.717) is 5.92 Å². The van der Waals surface area contributed by atoms with Crippen LogP contribution in [0.4, 0.5) is 5.69 Å². The molecule has 0 bridgehead atoms. The first-order chi connectivity index (χ1) is 9.23. The van der Waals surface area contributed by atoms with Gasteiger partial charge in [0.2, 0.25) is 0 Å². The van der Waals surface area contributed by atoms with Crippen molar-refractivity contribution in [2.45, 2.75) is 53.1 Å². The third-order valence-corrected chi connectivity index (χ3v) is 3.83. The summed E-state index contributed by atoms with van der Waals surface area (Å²) in [5.41, 5.74) is 2.47. The van der Waals surface area contributed by atoms with Crippen molar-refractivity contribution in [1.82, 2.24) is 5.32 Å². The van der Waals surface area contributed by atoms with Gasteiger partial charge in [-0.3, -0.25) is 0 Å². The second kappa shape index (κ2) is 7.33. The van der Waals surface area contributed by atoms with E-state index in [-0.39, 0.29) is 5.54 Å². The fourth-order valence-corrected chi connectivity index (χ4v) is 2.38. The van der Waals surface area contributed by atoms with Crippen LogP contribution in [0.15, 0.2) is 18.2 Å². The second-order valence-corrected chi connectivity index (χ2v) is 7.19. The van der Waals surface area contributed by atoms with Crippen LogP contribution in [0, 0.1) is 5.92 Å². The summed E-state index contributed by atoms with van der Waals surface area (Å²) in [5.74, 6) is 0.679. The molecule has 0 spiro atoms. The van der Waals surface area contributed by atoms with Gasteiger partial charge in [-0.2, -0.15) is 0 Å². The Morgan fingerprint density at radius 2 is 1.95 bits per heavy atom. The van der Waals surface area contributed by atoms with Gasteiger partial charge in [-0.05, 0) is 44.4 Å². The average Bonchev–Trinajstić information content (AvgIpc) is 2.35. The minimum Gasteiger partial charge on any atom is -0.373 e. The zero-order chi connectivity index (χ0) is 15.3. The van der Waals surface area contributed by atoms with Crippen LogP contribution in [0.2, 0.25) is 5.02 Å². The summed E-state index contributed by atoms with van der Waals surface area (Å²) in [5, 5.41) is 4.32. The highest BCUT2D eigenvalue weighted by Crippen LogP contribution is 2.27. The van der Waals surface area contributed by atoms with Crippen LogP contribution in [0.3, 0.4) is 0 Å². The minimum absolute atomic E-state index is 0.124. The Morgan fingerprint density at radius 3 is 2.45 bits per heavy atom. The van der Waals surface area contributed by atoms with Gasteiger partial charge in [0, 0.05) is 25.7 Å². The lowest BCUT2D eigenvalue weighted by molar-refractivity contribution is 0.424. The van der Waals surface area contributed by atoms with E-state index in [2.05, 4.69) is 70.1 Å². The molecule has 114 valence electrons. The quantitative estimate of drug-likeness (QED) is 0.818.